The summed E-state index contributed by atoms with van der Waals surface area (Å²) in [5, 5.41) is 0. The molecule has 0 saturated carbocycles. The average molecular weight is 459 g/mol. The molecule has 34 heavy (non-hydrogen) atoms. The fraction of sp³-hybridized carbons (Fsp3) is 0.310. The van der Waals surface area contributed by atoms with Crippen LogP contribution in [0.2, 0.25) is 0 Å². The molecular weight excluding hydrogens is 424 g/mol. The number of primary amides is 1. The van der Waals surface area contributed by atoms with Crippen LogP contribution >= 0.6 is 0 Å². The lowest BCUT2D eigenvalue weighted by Crippen LogP contribution is -2.43. The molecule has 0 unspecified atom stereocenters. The Balaban J connectivity index is 1.61. The van der Waals surface area contributed by atoms with Crippen LogP contribution in [0, 0.1) is 0 Å². The average Bonchev–Trinajstić information content (AvgIpc) is 2.87. The van der Waals surface area contributed by atoms with Gasteiger partial charge >= 0.3 is 5.97 Å². The van der Waals surface area contributed by atoms with E-state index in [2.05, 4.69) is 24.1 Å². The van der Waals surface area contributed by atoms with Gasteiger partial charge in [-0.3, -0.25) is 9.59 Å². The summed E-state index contributed by atoms with van der Waals surface area (Å²) in [6.07, 6.45) is 2.68. The Hall–Kier alpha value is -3.44. The first kappa shape index (κ1) is 25.2. The maximum atomic E-state index is 12.9. The second kappa shape index (κ2) is 12.1. The first-order valence-electron chi connectivity index (χ1n) is 11.7. The minimum atomic E-state index is -0.848. The van der Waals surface area contributed by atoms with Gasteiger partial charge in [-0.05, 0) is 55.1 Å². The lowest BCUT2D eigenvalue weighted by molar-refractivity contribution is -0.139. The largest absolute Gasteiger partial charge is 0.469 e. The van der Waals surface area contributed by atoms with E-state index in [0.29, 0.717) is 12.8 Å². The maximum Gasteiger partial charge on any atom is 0.309 e. The van der Waals surface area contributed by atoms with E-state index in [1.807, 2.05) is 72.8 Å². The van der Waals surface area contributed by atoms with Crippen LogP contribution in [0.15, 0.2) is 84.9 Å². The molecule has 3 aromatic rings. The molecule has 0 heterocycles. The number of ether oxygens (including phenoxy) is 1. The molecule has 0 spiro atoms. The van der Waals surface area contributed by atoms with Crippen LogP contribution in [0.5, 0.6) is 0 Å². The summed E-state index contributed by atoms with van der Waals surface area (Å²) < 4.78 is 4.72. The summed E-state index contributed by atoms with van der Waals surface area (Å²) in [4.78, 5) is 26.6. The lowest BCUT2D eigenvalue weighted by Gasteiger charge is -2.32. The van der Waals surface area contributed by atoms with Gasteiger partial charge in [0.15, 0.2) is 0 Å². The lowest BCUT2D eigenvalue weighted by atomic mass is 9.70. The van der Waals surface area contributed by atoms with Crippen LogP contribution in [-0.4, -0.2) is 44.0 Å². The van der Waals surface area contributed by atoms with Gasteiger partial charge in [0.05, 0.1) is 18.9 Å². The summed E-state index contributed by atoms with van der Waals surface area (Å²) in [7, 11) is 3.50. The van der Waals surface area contributed by atoms with Gasteiger partial charge < -0.3 is 15.4 Å². The molecule has 0 aromatic heterocycles. The van der Waals surface area contributed by atoms with Crippen molar-refractivity contribution in [2.75, 3.05) is 27.2 Å². The van der Waals surface area contributed by atoms with E-state index in [0.717, 1.165) is 42.6 Å². The van der Waals surface area contributed by atoms with E-state index in [4.69, 9.17) is 10.5 Å². The molecule has 2 N–H and O–H groups in total. The summed E-state index contributed by atoms with van der Waals surface area (Å²) in [5.41, 5.74) is 9.25. The van der Waals surface area contributed by atoms with Gasteiger partial charge in [0.2, 0.25) is 5.91 Å². The molecule has 0 radical (unpaired) electrons. The normalized spacial score (nSPS) is 11.4. The molecule has 0 saturated heterocycles. The van der Waals surface area contributed by atoms with Gasteiger partial charge in [-0.15, -0.1) is 0 Å². The van der Waals surface area contributed by atoms with Crippen molar-refractivity contribution < 1.29 is 14.3 Å². The molecule has 1 amide bonds. The highest BCUT2D eigenvalue weighted by molar-refractivity contribution is 5.90. The van der Waals surface area contributed by atoms with Gasteiger partial charge in [0.1, 0.15) is 0 Å². The third kappa shape index (κ3) is 6.33. The van der Waals surface area contributed by atoms with Crippen LogP contribution in [-0.2, 0) is 32.6 Å². The Morgan fingerprint density at radius 2 is 1.35 bits per heavy atom. The topological polar surface area (TPSA) is 72.6 Å². The second-order valence-electron chi connectivity index (χ2n) is 8.73. The Morgan fingerprint density at radius 3 is 1.85 bits per heavy atom. The zero-order chi connectivity index (χ0) is 24.4. The Labute approximate surface area is 202 Å². The van der Waals surface area contributed by atoms with Gasteiger partial charge in [-0.25, -0.2) is 0 Å². The van der Waals surface area contributed by atoms with Crippen LogP contribution in [0.4, 0.5) is 0 Å². The maximum absolute atomic E-state index is 12.9. The van der Waals surface area contributed by atoms with Crippen LogP contribution in [0.3, 0.4) is 0 Å². The summed E-state index contributed by atoms with van der Waals surface area (Å²) in [6, 6.07) is 27.8. The van der Waals surface area contributed by atoms with Crippen molar-refractivity contribution in [1.82, 2.24) is 4.90 Å². The molecule has 178 valence electrons. The molecule has 5 nitrogen and oxygen atoms in total. The number of benzene rings is 3. The third-order valence-corrected chi connectivity index (χ3v) is 6.43. The number of esters is 1. The number of carbonyl (C=O) groups excluding carboxylic acids is 2. The molecule has 0 aliphatic rings. The van der Waals surface area contributed by atoms with Crippen molar-refractivity contribution in [1.29, 1.82) is 0 Å². The first-order chi connectivity index (χ1) is 16.5. The van der Waals surface area contributed by atoms with Crippen molar-refractivity contribution in [3.05, 3.63) is 107 Å². The summed E-state index contributed by atoms with van der Waals surface area (Å²) >= 11 is 0. The standard InChI is InChI=1S/C29H34N2O3/c1-31(21-18-23-14-16-24(17-15-23)22-27(32)34-2)20-9-19-29(28(30)33,25-10-5-3-6-11-25)26-12-7-4-8-13-26/h3-8,10-17H,9,18-22H2,1-2H3,(H2,30,33). The number of amides is 1. The summed E-state index contributed by atoms with van der Waals surface area (Å²) in [5.74, 6) is -0.551. The van der Waals surface area contributed by atoms with Gasteiger partial charge in [-0.1, -0.05) is 84.9 Å². The third-order valence-electron chi connectivity index (χ3n) is 6.43. The number of likely N-dealkylation sites (N-methyl/N-ethyl adjacent to an activating group) is 1. The van der Waals surface area contributed by atoms with Gasteiger partial charge in [-0.2, -0.15) is 0 Å². The van der Waals surface area contributed by atoms with E-state index >= 15 is 0 Å². The minimum absolute atomic E-state index is 0.231. The number of rotatable bonds is 12. The second-order valence-corrected chi connectivity index (χ2v) is 8.73. The highest BCUT2D eigenvalue weighted by atomic mass is 16.5. The van der Waals surface area contributed by atoms with E-state index < -0.39 is 5.41 Å². The fourth-order valence-corrected chi connectivity index (χ4v) is 4.42. The number of nitrogens with two attached hydrogens (primary N) is 1. The van der Waals surface area contributed by atoms with Crippen molar-refractivity contribution >= 4 is 11.9 Å². The summed E-state index contributed by atoms with van der Waals surface area (Å²) in [6.45, 7) is 1.76. The van der Waals surface area contributed by atoms with Gasteiger partial charge in [0.25, 0.3) is 0 Å². The number of methoxy groups -OCH3 is 1. The molecule has 0 aliphatic heterocycles. The zero-order valence-corrected chi connectivity index (χ0v) is 20.1. The van der Waals surface area contributed by atoms with Crippen molar-refractivity contribution in [3.63, 3.8) is 0 Å². The van der Waals surface area contributed by atoms with Gasteiger partial charge in [0, 0.05) is 6.54 Å². The van der Waals surface area contributed by atoms with Crippen LogP contribution in [0.1, 0.15) is 35.1 Å². The molecule has 5 heteroatoms. The van der Waals surface area contributed by atoms with E-state index in [-0.39, 0.29) is 11.9 Å². The highest BCUT2D eigenvalue weighted by Gasteiger charge is 2.39. The van der Waals surface area contributed by atoms with Crippen LogP contribution in [0.25, 0.3) is 0 Å². The molecular formula is C29H34N2O3. The van der Waals surface area contributed by atoms with Crippen LogP contribution < -0.4 is 5.73 Å². The Bertz CT molecular complexity index is 1010. The Morgan fingerprint density at radius 1 is 0.824 bits per heavy atom. The predicted molar refractivity (Wildman–Crippen MR) is 135 cm³/mol. The number of hydrogen-bond donors (Lipinski definition) is 1. The van der Waals surface area contributed by atoms with Crippen molar-refractivity contribution in [2.24, 2.45) is 5.73 Å². The smallest absolute Gasteiger partial charge is 0.309 e. The zero-order valence-electron chi connectivity index (χ0n) is 20.1. The number of nitrogens with zero attached hydrogens (tertiary/aromatic N) is 1. The van der Waals surface area contributed by atoms with E-state index in [9.17, 15) is 9.59 Å². The first-order valence-corrected chi connectivity index (χ1v) is 11.7. The molecule has 3 rings (SSSR count). The van der Waals surface area contributed by atoms with Crippen molar-refractivity contribution in [2.45, 2.75) is 31.1 Å². The SMILES string of the molecule is COC(=O)Cc1ccc(CCN(C)CCCC(C(N)=O)(c2ccccc2)c2ccccc2)cc1. The minimum Gasteiger partial charge on any atom is -0.469 e. The fourth-order valence-electron chi connectivity index (χ4n) is 4.42. The van der Waals surface area contributed by atoms with E-state index in [1.54, 1.807) is 0 Å². The predicted octanol–water partition coefficient (Wildman–Crippen LogP) is 4.13. The quantitative estimate of drug-likeness (QED) is 0.414. The molecule has 0 aliphatic carbocycles. The monoisotopic (exact) mass is 458 g/mol. The number of carbonyl (C=O) groups is 2. The molecule has 0 fully saturated rings. The molecule has 0 bridgehead atoms. The molecule has 3 aromatic carbocycles. The van der Waals surface area contributed by atoms with E-state index in [1.165, 1.54) is 12.7 Å². The van der Waals surface area contributed by atoms with Crippen molar-refractivity contribution in [3.8, 4) is 0 Å². The highest BCUT2D eigenvalue weighted by Crippen LogP contribution is 2.36. The number of hydrogen-bond acceptors (Lipinski definition) is 4. The molecule has 0 atom stereocenters. The Kier molecular flexibility index (Phi) is 9.00.